The topological polar surface area (TPSA) is 12.0 Å². The molecule has 1 aliphatic heterocycles. The number of rotatable bonds is 5. The summed E-state index contributed by atoms with van der Waals surface area (Å²) in [4.78, 5) is 0. The largest absolute Gasteiger partial charge is 0.313 e. The SMILES string of the molecule is CCNC(Cc1cc(C)cc(C)c1)C1CCCS1. The first-order chi connectivity index (χ1) is 8.69. The van der Waals surface area contributed by atoms with Gasteiger partial charge in [0.15, 0.2) is 0 Å². The maximum atomic E-state index is 3.69. The Labute approximate surface area is 116 Å². The van der Waals surface area contributed by atoms with Gasteiger partial charge >= 0.3 is 0 Å². The highest BCUT2D eigenvalue weighted by molar-refractivity contribution is 8.00. The van der Waals surface area contributed by atoms with E-state index in [1.54, 1.807) is 0 Å². The Bertz CT molecular complexity index is 362. The first-order valence-electron chi connectivity index (χ1n) is 7.11. The fourth-order valence-corrected chi connectivity index (χ4v) is 4.35. The van der Waals surface area contributed by atoms with Crippen molar-refractivity contribution in [2.24, 2.45) is 0 Å². The first-order valence-corrected chi connectivity index (χ1v) is 8.16. The molecule has 0 radical (unpaired) electrons. The van der Waals surface area contributed by atoms with Crippen LogP contribution in [0, 0.1) is 13.8 Å². The van der Waals surface area contributed by atoms with Gasteiger partial charge in [-0.05, 0) is 51.0 Å². The monoisotopic (exact) mass is 263 g/mol. The van der Waals surface area contributed by atoms with Gasteiger partial charge in [-0.1, -0.05) is 36.2 Å². The summed E-state index contributed by atoms with van der Waals surface area (Å²) in [7, 11) is 0. The van der Waals surface area contributed by atoms with E-state index in [9.17, 15) is 0 Å². The third-order valence-corrected chi connectivity index (χ3v) is 5.13. The lowest BCUT2D eigenvalue weighted by Crippen LogP contribution is -2.38. The highest BCUT2D eigenvalue weighted by Gasteiger charge is 2.25. The lowest BCUT2D eigenvalue weighted by Gasteiger charge is -2.24. The zero-order valence-electron chi connectivity index (χ0n) is 11.8. The smallest absolute Gasteiger partial charge is 0.0226 e. The standard InChI is InChI=1S/C16H25NS/c1-4-17-15(16-6-5-7-18-16)11-14-9-12(2)8-13(3)10-14/h8-10,15-17H,4-7,11H2,1-3H3. The van der Waals surface area contributed by atoms with Crippen molar-refractivity contribution in [2.75, 3.05) is 12.3 Å². The molecule has 1 aromatic carbocycles. The minimum atomic E-state index is 0.642. The van der Waals surface area contributed by atoms with Gasteiger partial charge in [0.25, 0.3) is 0 Å². The van der Waals surface area contributed by atoms with Crippen molar-refractivity contribution in [3.8, 4) is 0 Å². The molecule has 1 fully saturated rings. The highest BCUT2D eigenvalue weighted by atomic mass is 32.2. The molecule has 1 aliphatic rings. The van der Waals surface area contributed by atoms with Crippen LogP contribution in [0.4, 0.5) is 0 Å². The molecule has 2 rings (SSSR count). The Morgan fingerprint density at radius 1 is 1.28 bits per heavy atom. The molecule has 18 heavy (non-hydrogen) atoms. The number of likely N-dealkylation sites (N-methyl/N-ethyl adjacent to an activating group) is 1. The lowest BCUT2D eigenvalue weighted by atomic mass is 9.98. The van der Waals surface area contributed by atoms with Crippen molar-refractivity contribution < 1.29 is 0 Å². The van der Waals surface area contributed by atoms with Crippen LogP contribution < -0.4 is 5.32 Å². The van der Waals surface area contributed by atoms with E-state index in [0.717, 1.165) is 11.8 Å². The minimum Gasteiger partial charge on any atom is -0.313 e. The molecule has 2 heteroatoms. The Morgan fingerprint density at radius 2 is 2.00 bits per heavy atom. The highest BCUT2D eigenvalue weighted by Crippen LogP contribution is 2.30. The van der Waals surface area contributed by atoms with Crippen molar-refractivity contribution in [1.82, 2.24) is 5.32 Å². The molecule has 1 nitrogen and oxygen atoms in total. The Kier molecular flexibility index (Phi) is 5.13. The summed E-state index contributed by atoms with van der Waals surface area (Å²) in [5, 5.41) is 4.50. The molecule has 0 aromatic heterocycles. The van der Waals surface area contributed by atoms with Crippen LogP contribution in [0.1, 0.15) is 36.5 Å². The van der Waals surface area contributed by atoms with E-state index in [1.807, 2.05) is 0 Å². The van der Waals surface area contributed by atoms with Gasteiger partial charge in [-0.25, -0.2) is 0 Å². The molecule has 1 N–H and O–H groups in total. The van der Waals surface area contributed by atoms with Crippen LogP contribution in [0.25, 0.3) is 0 Å². The quantitative estimate of drug-likeness (QED) is 0.869. The molecule has 0 aliphatic carbocycles. The second-order valence-corrected chi connectivity index (χ2v) is 6.76. The van der Waals surface area contributed by atoms with Crippen molar-refractivity contribution in [2.45, 2.75) is 51.3 Å². The van der Waals surface area contributed by atoms with Crippen LogP contribution in [0.5, 0.6) is 0 Å². The summed E-state index contributed by atoms with van der Waals surface area (Å²) >= 11 is 2.16. The number of aryl methyl sites for hydroxylation is 2. The third kappa shape index (κ3) is 3.76. The van der Waals surface area contributed by atoms with Crippen LogP contribution in [0.15, 0.2) is 18.2 Å². The summed E-state index contributed by atoms with van der Waals surface area (Å²) in [5.74, 6) is 1.35. The summed E-state index contributed by atoms with van der Waals surface area (Å²) in [6.45, 7) is 7.69. The molecule has 0 saturated carbocycles. The average molecular weight is 263 g/mol. The van der Waals surface area contributed by atoms with Crippen LogP contribution >= 0.6 is 11.8 Å². The molecule has 1 aromatic rings. The average Bonchev–Trinajstić information content (AvgIpc) is 2.80. The fourth-order valence-electron chi connectivity index (χ4n) is 2.96. The summed E-state index contributed by atoms with van der Waals surface area (Å²) in [6, 6.07) is 7.59. The number of hydrogen-bond acceptors (Lipinski definition) is 2. The second kappa shape index (κ2) is 6.63. The van der Waals surface area contributed by atoms with E-state index in [1.165, 1.54) is 41.7 Å². The van der Waals surface area contributed by atoms with E-state index in [2.05, 4.69) is 56.0 Å². The van der Waals surface area contributed by atoms with Gasteiger partial charge in [-0.15, -0.1) is 0 Å². The molecular formula is C16H25NS. The normalized spacial score (nSPS) is 21.2. The summed E-state index contributed by atoms with van der Waals surface area (Å²) in [6.07, 6.45) is 3.95. The van der Waals surface area contributed by atoms with Crippen LogP contribution in [0.2, 0.25) is 0 Å². The number of hydrogen-bond donors (Lipinski definition) is 1. The minimum absolute atomic E-state index is 0.642. The van der Waals surface area contributed by atoms with Crippen molar-refractivity contribution in [1.29, 1.82) is 0 Å². The van der Waals surface area contributed by atoms with Crippen LogP contribution in [-0.2, 0) is 6.42 Å². The van der Waals surface area contributed by atoms with Gasteiger partial charge in [0.2, 0.25) is 0 Å². The molecule has 100 valence electrons. The number of benzene rings is 1. The van der Waals surface area contributed by atoms with E-state index < -0.39 is 0 Å². The van der Waals surface area contributed by atoms with Gasteiger partial charge in [0.05, 0.1) is 0 Å². The number of nitrogens with one attached hydrogen (secondary N) is 1. The molecular weight excluding hydrogens is 238 g/mol. The van der Waals surface area contributed by atoms with Gasteiger partial charge < -0.3 is 5.32 Å². The van der Waals surface area contributed by atoms with E-state index in [0.29, 0.717) is 6.04 Å². The predicted octanol–water partition coefficient (Wildman–Crippen LogP) is 3.72. The predicted molar refractivity (Wildman–Crippen MR) is 82.6 cm³/mol. The molecule has 1 saturated heterocycles. The Hall–Kier alpha value is -0.470. The summed E-state index contributed by atoms with van der Waals surface area (Å²) in [5.41, 5.74) is 4.27. The van der Waals surface area contributed by atoms with Crippen molar-refractivity contribution >= 4 is 11.8 Å². The molecule has 0 amide bonds. The first kappa shape index (κ1) is 14.0. The molecule has 2 unspecified atom stereocenters. The molecule has 0 spiro atoms. The Balaban J connectivity index is 2.07. The van der Waals surface area contributed by atoms with Crippen molar-refractivity contribution in [3.63, 3.8) is 0 Å². The maximum Gasteiger partial charge on any atom is 0.0226 e. The van der Waals surface area contributed by atoms with Gasteiger partial charge in [0.1, 0.15) is 0 Å². The van der Waals surface area contributed by atoms with E-state index >= 15 is 0 Å². The number of thioether (sulfide) groups is 1. The molecule has 2 atom stereocenters. The Morgan fingerprint density at radius 3 is 2.56 bits per heavy atom. The molecule has 1 heterocycles. The zero-order valence-corrected chi connectivity index (χ0v) is 12.6. The van der Waals surface area contributed by atoms with Crippen LogP contribution in [0.3, 0.4) is 0 Å². The van der Waals surface area contributed by atoms with E-state index in [4.69, 9.17) is 0 Å². The van der Waals surface area contributed by atoms with Gasteiger partial charge in [-0.3, -0.25) is 0 Å². The second-order valence-electron chi connectivity index (χ2n) is 5.42. The van der Waals surface area contributed by atoms with Crippen molar-refractivity contribution in [3.05, 3.63) is 34.9 Å². The third-order valence-electron chi connectivity index (χ3n) is 3.62. The zero-order chi connectivity index (χ0) is 13.0. The fraction of sp³-hybridized carbons (Fsp3) is 0.625. The molecule has 0 bridgehead atoms. The maximum absolute atomic E-state index is 3.69. The van der Waals surface area contributed by atoms with Gasteiger partial charge in [-0.2, -0.15) is 11.8 Å². The van der Waals surface area contributed by atoms with E-state index in [-0.39, 0.29) is 0 Å². The van der Waals surface area contributed by atoms with Gasteiger partial charge in [0, 0.05) is 11.3 Å². The lowest BCUT2D eigenvalue weighted by molar-refractivity contribution is 0.495. The van der Waals surface area contributed by atoms with Crippen LogP contribution in [-0.4, -0.2) is 23.6 Å². The summed E-state index contributed by atoms with van der Waals surface area (Å²) < 4.78 is 0.